The zero-order valence-electron chi connectivity index (χ0n) is 12.7. The summed E-state index contributed by atoms with van der Waals surface area (Å²) >= 11 is 0. The lowest BCUT2D eigenvalue weighted by Crippen LogP contribution is -2.32. The highest BCUT2D eigenvalue weighted by atomic mass is 16.5. The topological polar surface area (TPSA) is 84.7 Å². The highest BCUT2D eigenvalue weighted by Gasteiger charge is 2.15. The molecule has 0 aliphatic heterocycles. The van der Waals surface area contributed by atoms with Crippen molar-refractivity contribution in [2.24, 2.45) is 0 Å². The standard InChI is InChI=1S/C16H17N3O4/c1-12-8-15(18-23-12)17-16(20)11-19(9-13-4-2-6-21-13)10-14-5-3-7-22-14/h2-8H,9-11H2,1H3,(H,17,18,20). The maximum absolute atomic E-state index is 12.2. The van der Waals surface area contributed by atoms with Gasteiger partial charge in [-0.05, 0) is 31.2 Å². The van der Waals surface area contributed by atoms with Crippen molar-refractivity contribution in [1.82, 2.24) is 10.1 Å². The summed E-state index contributed by atoms with van der Waals surface area (Å²) in [4.78, 5) is 14.1. The van der Waals surface area contributed by atoms with Crippen LogP contribution >= 0.6 is 0 Å². The largest absolute Gasteiger partial charge is 0.468 e. The number of furan rings is 2. The van der Waals surface area contributed by atoms with Gasteiger partial charge in [-0.25, -0.2) is 0 Å². The van der Waals surface area contributed by atoms with Crippen molar-refractivity contribution < 1.29 is 18.2 Å². The second-order valence-electron chi connectivity index (χ2n) is 5.17. The molecule has 120 valence electrons. The Bertz CT molecular complexity index is 695. The zero-order chi connectivity index (χ0) is 16.1. The lowest BCUT2D eigenvalue weighted by molar-refractivity contribution is -0.117. The van der Waals surface area contributed by atoms with Gasteiger partial charge in [0, 0.05) is 6.07 Å². The number of aromatic nitrogens is 1. The normalized spacial score (nSPS) is 11.0. The van der Waals surface area contributed by atoms with Crippen LogP contribution in [0.3, 0.4) is 0 Å². The molecule has 0 aliphatic carbocycles. The molecule has 3 heterocycles. The maximum atomic E-state index is 12.2. The summed E-state index contributed by atoms with van der Waals surface area (Å²) in [7, 11) is 0. The van der Waals surface area contributed by atoms with E-state index >= 15 is 0 Å². The minimum atomic E-state index is -0.184. The van der Waals surface area contributed by atoms with E-state index < -0.39 is 0 Å². The highest BCUT2D eigenvalue weighted by Crippen LogP contribution is 2.12. The van der Waals surface area contributed by atoms with Gasteiger partial charge >= 0.3 is 0 Å². The Balaban J connectivity index is 1.63. The summed E-state index contributed by atoms with van der Waals surface area (Å²) in [5, 5.41) is 6.46. The zero-order valence-corrected chi connectivity index (χ0v) is 12.7. The molecule has 0 spiro atoms. The van der Waals surface area contributed by atoms with E-state index in [0.717, 1.165) is 11.5 Å². The summed E-state index contributed by atoms with van der Waals surface area (Å²) in [6, 6.07) is 9.04. The molecule has 3 aromatic rings. The molecule has 0 fully saturated rings. The number of carbonyl (C=O) groups excluding carboxylic acids is 1. The predicted molar refractivity (Wildman–Crippen MR) is 81.4 cm³/mol. The monoisotopic (exact) mass is 315 g/mol. The predicted octanol–water partition coefficient (Wildman–Crippen LogP) is 2.81. The van der Waals surface area contributed by atoms with Crippen LogP contribution in [0.2, 0.25) is 0 Å². The number of anilines is 1. The van der Waals surface area contributed by atoms with Crippen molar-refractivity contribution in [3.63, 3.8) is 0 Å². The van der Waals surface area contributed by atoms with E-state index in [4.69, 9.17) is 13.4 Å². The lowest BCUT2D eigenvalue weighted by atomic mass is 10.3. The number of hydrogen-bond donors (Lipinski definition) is 1. The number of nitrogens with zero attached hydrogens (tertiary/aromatic N) is 2. The molecule has 0 unspecified atom stereocenters. The molecule has 0 aromatic carbocycles. The van der Waals surface area contributed by atoms with Crippen LogP contribution < -0.4 is 5.32 Å². The van der Waals surface area contributed by atoms with Gasteiger partial charge in [0.05, 0.1) is 32.2 Å². The first-order valence-electron chi connectivity index (χ1n) is 7.19. The fourth-order valence-electron chi connectivity index (χ4n) is 2.22. The second-order valence-corrected chi connectivity index (χ2v) is 5.17. The van der Waals surface area contributed by atoms with Gasteiger partial charge in [-0.3, -0.25) is 9.69 Å². The first kappa shape index (κ1) is 15.1. The summed E-state index contributed by atoms with van der Waals surface area (Å²) in [6.45, 7) is 2.94. The molecule has 0 saturated carbocycles. The molecule has 3 aromatic heterocycles. The molecular formula is C16H17N3O4. The van der Waals surface area contributed by atoms with Crippen LogP contribution in [-0.4, -0.2) is 22.5 Å². The Kier molecular flexibility index (Phi) is 4.58. The molecule has 0 aliphatic rings. The van der Waals surface area contributed by atoms with Crippen LogP contribution in [0.15, 0.2) is 56.2 Å². The van der Waals surface area contributed by atoms with Gasteiger partial charge in [0.2, 0.25) is 5.91 Å². The minimum absolute atomic E-state index is 0.174. The van der Waals surface area contributed by atoms with Crippen LogP contribution in [0.5, 0.6) is 0 Å². The number of nitrogens with one attached hydrogen (secondary N) is 1. The van der Waals surface area contributed by atoms with Crippen molar-refractivity contribution in [2.75, 3.05) is 11.9 Å². The van der Waals surface area contributed by atoms with Crippen molar-refractivity contribution in [2.45, 2.75) is 20.0 Å². The molecule has 7 heteroatoms. The van der Waals surface area contributed by atoms with Gasteiger partial charge in [0.1, 0.15) is 17.3 Å². The number of aryl methyl sites for hydroxylation is 1. The summed E-state index contributed by atoms with van der Waals surface area (Å²) in [5.74, 6) is 2.42. The average Bonchev–Trinajstić information content (AvgIpc) is 3.23. The molecule has 7 nitrogen and oxygen atoms in total. The number of rotatable bonds is 7. The summed E-state index contributed by atoms with van der Waals surface area (Å²) in [6.07, 6.45) is 3.22. The summed E-state index contributed by atoms with van der Waals surface area (Å²) < 4.78 is 15.6. The fraction of sp³-hybridized carbons (Fsp3) is 0.250. The Morgan fingerprint density at radius 1 is 1.17 bits per heavy atom. The van der Waals surface area contributed by atoms with Crippen molar-refractivity contribution in [3.05, 3.63) is 60.1 Å². The van der Waals surface area contributed by atoms with Crippen molar-refractivity contribution >= 4 is 11.7 Å². The highest BCUT2D eigenvalue weighted by molar-refractivity contribution is 5.91. The third-order valence-electron chi connectivity index (χ3n) is 3.18. The van der Waals surface area contributed by atoms with E-state index in [1.165, 1.54) is 0 Å². The third kappa shape index (κ3) is 4.33. The van der Waals surface area contributed by atoms with Crippen LogP contribution in [0.1, 0.15) is 17.3 Å². The Morgan fingerprint density at radius 2 is 1.83 bits per heavy atom. The van der Waals surface area contributed by atoms with E-state index in [1.54, 1.807) is 25.5 Å². The van der Waals surface area contributed by atoms with Gasteiger partial charge in [0.25, 0.3) is 0 Å². The maximum Gasteiger partial charge on any atom is 0.239 e. The van der Waals surface area contributed by atoms with E-state index in [0.29, 0.717) is 24.7 Å². The molecule has 1 N–H and O–H groups in total. The Labute approximate surface area is 132 Å². The van der Waals surface area contributed by atoms with E-state index in [1.807, 2.05) is 29.2 Å². The Morgan fingerprint density at radius 3 is 2.30 bits per heavy atom. The fourth-order valence-corrected chi connectivity index (χ4v) is 2.22. The molecule has 1 amide bonds. The van der Waals surface area contributed by atoms with Gasteiger partial charge in [-0.1, -0.05) is 5.16 Å². The molecule has 3 rings (SSSR count). The van der Waals surface area contributed by atoms with Gasteiger partial charge in [-0.15, -0.1) is 0 Å². The van der Waals surface area contributed by atoms with Crippen molar-refractivity contribution in [1.29, 1.82) is 0 Å². The molecule has 23 heavy (non-hydrogen) atoms. The number of hydrogen-bond acceptors (Lipinski definition) is 6. The lowest BCUT2D eigenvalue weighted by Gasteiger charge is -2.19. The molecular weight excluding hydrogens is 298 g/mol. The van der Waals surface area contributed by atoms with Crippen LogP contribution in [-0.2, 0) is 17.9 Å². The molecule has 0 radical (unpaired) electrons. The smallest absolute Gasteiger partial charge is 0.239 e. The summed E-state index contributed by atoms with van der Waals surface area (Å²) in [5.41, 5.74) is 0. The third-order valence-corrected chi connectivity index (χ3v) is 3.18. The quantitative estimate of drug-likeness (QED) is 0.721. The first-order valence-corrected chi connectivity index (χ1v) is 7.19. The minimum Gasteiger partial charge on any atom is -0.468 e. The van der Waals surface area contributed by atoms with Crippen LogP contribution in [0, 0.1) is 6.92 Å². The van der Waals surface area contributed by atoms with Gasteiger partial charge in [-0.2, -0.15) is 0 Å². The average molecular weight is 315 g/mol. The van der Waals surface area contributed by atoms with Crippen molar-refractivity contribution in [3.8, 4) is 0 Å². The first-order chi connectivity index (χ1) is 11.2. The molecule has 0 atom stereocenters. The van der Waals surface area contributed by atoms with E-state index in [9.17, 15) is 4.79 Å². The Hall–Kier alpha value is -2.80. The molecule has 0 saturated heterocycles. The molecule has 0 bridgehead atoms. The van der Waals surface area contributed by atoms with Crippen LogP contribution in [0.25, 0.3) is 0 Å². The van der Waals surface area contributed by atoms with Gasteiger partial charge in [0.15, 0.2) is 5.82 Å². The second kappa shape index (κ2) is 6.97. The SMILES string of the molecule is Cc1cc(NC(=O)CN(Cc2ccco2)Cc2ccco2)no1. The van der Waals surface area contributed by atoms with E-state index in [-0.39, 0.29) is 12.5 Å². The van der Waals surface area contributed by atoms with E-state index in [2.05, 4.69) is 10.5 Å². The number of carbonyl (C=O) groups is 1. The van der Waals surface area contributed by atoms with Crippen LogP contribution in [0.4, 0.5) is 5.82 Å². The number of amides is 1. The van der Waals surface area contributed by atoms with Gasteiger partial charge < -0.3 is 18.7 Å².